The Balaban J connectivity index is 1.69. The highest BCUT2D eigenvalue weighted by Crippen LogP contribution is 2.16. The van der Waals surface area contributed by atoms with Gasteiger partial charge in [-0.3, -0.25) is 4.68 Å². The topological polar surface area (TPSA) is 55.6 Å². The van der Waals surface area contributed by atoms with Crippen LogP contribution < -0.4 is 5.32 Å². The van der Waals surface area contributed by atoms with Gasteiger partial charge in [0, 0.05) is 30.9 Å². The lowest BCUT2D eigenvalue weighted by Gasteiger charge is -2.24. The highest BCUT2D eigenvalue weighted by Gasteiger charge is 2.19. The van der Waals surface area contributed by atoms with Crippen LogP contribution in [0.1, 0.15) is 12.1 Å². The van der Waals surface area contributed by atoms with Gasteiger partial charge in [-0.1, -0.05) is 0 Å². The zero-order chi connectivity index (χ0) is 11.7. The highest BCUT2D eigenvalue weighted by molar-refractivity contribution is 5.26. The lowest BCUT2D eigenvalue weighted by molar-refractivity contribution is 0.454. The smallest absolute Gasteiger partial charge is 0.223 e. The second-order valence-electron chi connectivity index (χ2n) is 4.10. The molecule has 1 atom stereocenters. The molecule has 0 amide bonds. The number of nitrogens with zero attached hydrogens (tertiary/aromatic N) is 4. The fraction of sp³-hybridized carbons (Fsp3) is 0.364. The lowest BCUT2D eigenvalue weighted by Crippen LogP contribution is -2.31. The summed E-state index contributed by atoms with van der Waals surface area (Å²) in [4.78, 5) is 7.79. The summed E-state index contributed by atoms with van der Waals surface area (Å²) in [5.74, 6) is 0.0571. The Bertz CT molecular complexity index is 507. The zero-order valence-corrected chi connectivity index (χ0v) is 9.17. The summed E-state index contributed by atoms with van der Waals surface area (Å²) >= 11 is 0. The summed E-state index contributed by atoms with van der Waals surface area (Å²) in [5.41, 5.74) is 1.20. The van der Waals surface area contributed by atoms with E-state index in [0.29, 0.717) is 5.95 Å². The molecule has 1 unspecified atom stereocenters. The van der Waals surface area contributed by atoms with Gasteiger partial charge in [0.2, 0.25) is 5.95 Å². The Morgan fingerprint density at radius 3 is 3.00 bits per heavy atom. The summed E-state index contributed by atoms with van der Waals surface area (Å²) in [6.07, 6.45) is 6.01. The standard InChI is InChI=1S/C11H12FN5/c12-8-6-13-11(14-7-8)16-9-2-4-17-10(5-9)1-3-15-17/h1,3,6-7,9H,2,4-5H2,(H,13,14,16). The lowest BCUT2D eigenvalue weighted by atomic mass is 10.0. The van der Waals surface area contributed by atoms with E-state index >= 15 is 0 Å². The molecule has 0 fully saturated rings. The van der Waals surface area contributed by atoms with Crippen LogP contribution in [-0.2, 0) is 13.0 Å². The van der Waals surface area contributed by atoms with Crippen molar-refractivity contribution in [1.29, 1.82) is 0 Å². The number of aromatic nitrogens is 4. The summed E-state index contributed by atoms with van der Waals surface area (Å²) in [6.45, 7) is 0.890. The number of aryl methyl sites for hydroxylation is 1. The second kappa shape index (κ2) is 4.12. The van der Waals surface area contributed by atoms with E-state index in [2.05, 4.69) is 20.4 Å². The largest absolute Gasteiger partial charge is 0.351 e. The van der Waals surface area contributed by atoms with Gasteiger partial charge in [0.15, 0.2) is 5.82 Å². The average molecular weight is 233 g/mol. The quantitative estimate of drug-likeness (QED) is 0.847. The van der Waals surface area contributed by atoms with Crippen LogP contribution in [0.15, 0.2) is 24.7 Å². The van der Waals surface area contributed by atoms with Gasteiger partial charge in [0.1, 0.15) is 0 Å². The van der Waals surface area contributed by atoms with E-state index in [1.807, 2.05) is 16.9 Å². The molecule has 1 aliphatic heterocycles. The predicted octanol–water partition coefficient (Wildman–Crippen LogP) is 1.24. The van der Waals surface area contributed by atoms with Gasteiger partial charge in [-0.15, -0.1) is 0 Å². The van der Waals surface area contributed by atoms with E-state index in [1.165, 1.54) is 18.1 Å². The molecule has 2 aromatic heterocycles. The van der Waals surface area contributed by atoms with Crippen LogP contribution in [-0.4, -0.2) is 25.8 Å². The highest BCUT2D eigenvalue weighted by atomic mass is 19.1. The third kappa shape index (κ3) is 2.11. The first-order valence-corrected chi connectivity index (χ1v) is 5.56. The fourth-order valence-electron chi connectivity index (χ4n) is 2.06. The minimum absolute atomic E-state index is 0.282. The Kier molecular flexibility index (Phi) is 2.47. The van der Waals surface area contributed by atoms with E-state index in [-0.39, 0.29) is 6.04 Å². The number of halogens is 1. The molecule has 0 aromatic carbocycles. The first-order valence-electron chi connectivity index (χ1n) is 5.56. The normalized spacial score (nSPS) is 18.8. The van der Waals surface area contributed by atoms with Crippen LogP contribution in [0.2, 0.25) is 0 Å². The molecule has 0 bridgehead atoms. The maximum Gasteiger partial charge on any atom is 0.223 e. The minimum atomic E-state index is -0.419. The number of rotatable bonds is 2. The van der Waals surface area contributed by atoms with E-state index in [1.54, 1.807) is 0 Å². The minimum Gasteiger partial charge on any atom is -0.351 e. The number of hydrogen-bond acceptors (Lipinski definition) is 4. The zero-order valence-electron chi connectivity index (χ0n) is 9.17. The van der Waals surface area contributed by atoms with Crippen LogP contribution in [0.4, 0.5) is 10.3 Å². The monoisotopic (exact) mass is 233 g/mol. The van der Waals surface area contributed by atoms with Gasteiger partial charge in [0.25, 0.3) is 0 Å². The van der Waals surface area contributed by atoms with Gasteiger partial charge in [-0.05, 0) is 12.5 Å². The van der Waals surface area contributed by atoms with Gasteiger partial charge in [-0.25, -0.2) is 14.4 Å². The molecule has 2 aromatic rings. The molecule has 17 heavy (non-hydrogen) atoms. The molecule has 0 radical (unpaired) electrons. The van der Waals surface area contributed by atoms with Crippen LogP contribution in [0.25, 0.3) is 0 Å². The summed E-state index contributed by atoms with van der Waals surface area (Å²) in [7, 11) is 0. The Labute approximate surface area is 97.7 Å². The van der Waals surface area contributed by atoms with Crippen LogP contribution in [0, 0.1) is 5.82 Å². The molecule has 1 N–H and O–H groups in total. The van der Waals surface area contributed by atoms with Gasteiger partial charge < -0.3 is 5.32 Å². The number of anilines is 1. The molecule has 6 heteroatoms. The third-order valence-corrected chi connectivity index (χ3v) is 2.90. The van der Waals surface area contributed by atoms with E-state index in [4.69, 9.17) is 0 Å². The molecule has 88 valence electrons. The maximum atomic E-state index is 12.7. The summed E-state index contributed by atoms with van der Waals surface area (Å²) < 4.78 is 14.7. The van der Waals surface area contributed by atoms with E-state index in [9.17, 15) is 4.39 Å². The molecule has 3 heterocycles. The van der Waals surface area contributed by atoms with Crippen molar-refractivity contribution in [2.45, 2.75) is 25.4 Å². The molecule has 0 aliphatic carbocycles. The number of fused-ring (bicyclic) bond motifs is 1. The molecule has 0 saturated heterocycles. The SMILES string of the molecule is Fc1cnc(NC2CCn3nccc3C2)nc1. The van der Waals surface area contributed by atoms with Crippen LogP contribution in [0.5, 0.6) is 0 Å². The number of nitrogens with one attached hydrogen (secondary N) is 1. The van der Waals surface area contributed by atoms with Gasteiger partial charge >= 0.3 is 0 Å². The van der Waals surface area contributed by atoms with Crippen molar-refractivity contribution >= 4 is 5.95 Å². The van der Waals surface area contributed by atoms with Crippen LogP contribution in [0.3, 0.4) is 0 Å². The molecule has 3 rings (SSSR count). The first-order chi connectivity index (χ1) is 8.31. The number of hydrogen-bond donors (Lipinski definition) is 1. The average Bonchev–Trinajstić information content (AvgIpc) is 2.79. The van der Waals surface area contributed by atoms with Crippen molar-refractivity contribution in [3.8, 4) is 0 Å². The molecular weight excluding hydrogens is 221 g/mol. The van der Waals surface area contributed by atoms with Crippen molar-refractivity contribution in [1.82, 2.24) is 19.7 Å². The van der Waals surface area contributed by atoms with Crippen molar-refractivity contribution in [3.05, 3.63) is 36.2 Å². The molecular formula is C11H12FN5. The first kappa shape index (κ1) is 10.2. The van der Waals surface area contributed by atoms with Gasteiger partial charge in [0.05, 0.1) is 12.4 Å². The van der Waals surface area contributed by atoms with E-state index < -0.39 is 5.82 Å². The fourth-order valence-corrected chi connectivity index (χ4v) is 2.06. The van der Waals surface area contributed by atoms with Crippen molar-refractivity contribution in [3.63, 3.8) is 0 Å². The Morgan fingerprint density at radius 1 is 1.35 bits per heavy atom. The van der Waals surface area contributed by atoms with Crippen molar-refractivity contribution in [2.75, 3.05) is 5.32 Å². The van der Waals surface area contributed by atoms with E-state index in [0.717, 1.165) is 19.4 Å². The molecule has 1 aliphatic rings. The second-order valence-corrected chi connectivity index (χ2v) is 4.10. The molecule has 0 saturated carbocycles. The Hall–Kier alpha value is -1.98. The summed E-state index contributed by atoms with van der Waals surface area (Å²) in [5, 5.41) is 7.43. The van der Waals surface area contributed by atoms with Crippen molar-refractivity contribution < 1.29 is 4.39 Å². The third-order valence-electron chi connectivity index (χ3n) is 2.90. The Morgan fingerprint density at radius 2 is 2.18 bits per heavy atom. The van der Waals surface area contributed by atoms with Crippen molar-refractivity contribution in [2.24, 2.45) is 0 Å². The predicted molar refractivity (Wildman–Crippen MR) is 59.9 cm³/mol. The summed E-state index contributed by atoms with van der Waals surface area (Å²) in [6, 6.07) is 2.30. The molecule has 0 spiro atoms. The maximum absolute atomic E-state index is 12.7. The molecule has 5 nitrogen and oxygen atoms in total. The van der Waals surface area contributed by atoms with Crippen LogP contribution >= 0.6 is 0 Å². The van der Waals surface area contributed by atoms with Gasteiger partial charge in [-0.2, -0.15) is 5.10 Å².